The molecule has 1 fully saturated rings. The van der Waals surface area contributed by atoms with Crippen molar-refractivity contribution in [2.75, 3.05) is 50.9 Å². The van der Waals surface area contributed by atoms with Crippen molar-refractivity contribution in [1.29, 1.82) is 0 Å². The lowest BCUT2D eigenvalue weighted by Gasteiger charge is -2.36. The lowest BCUT2D eigenvalue weighted by molar-refractivity contribution is -0.174. The third-order valence-electron chi connectivity index (χ3n) is 12.6. The molecule has 5 N–H and O–H groups in total. The molecule has 1 saturated carbocycles. The van der Waals surface area contributed by atoms with Gasteiger partial charge < -0.3 is 30.2 Å². The van der Waals surface area contributed by atoms with Crippen LogP contribution in [-0.2, 0) is 47.1 Å². The summed E-state index contributed by atoms with van der Waals surface area (Å²) in [6.07, 6.45) is 7.11. The number of nitrogens with zero attached hydrogens (tertiary/aromatic N) is 2. The number of aryl methyl sites for hydroxylation is 4. The first kappa shape index (κ1) is 56.5. The second kappa shape index (κ2) is 29.9. The maximum Gasteiger partial charge on any atom is 0.344 e. The van der Waals surface area contributed by atoms with Crippen LogP contribution in [0.1, 0.15) is 100 Å². The van der Waals surface area contributed by atoms with Crippen LogP contribution in [0, 0.1) is 31.6 Å². The van der Waals surface area contributed by atoms with Crippen LogP contribution in [0.4, 0.5) is 5.69 Å². The summed E-state index contributed by atoms with van der Waals surface area (Å²) < 4.78 is 16.2. The highest BCUT2D eigenvalue weighted by atomic mass is 16.6. The zero-order chi connectivity index (χ0) is 50.9. The van der Waals surface area contributed by atoms with E-state index in [0.29, 0.717) is 50.1 Å². The van der Waals surface area contributed by atoms with Gasteiger partial charge in [-0.1, -0.05) is 142 Å². The van der Waals surface area contributed by atoms with Gasteiger partial charge in [0.1, 0.15) is 24.9 Å². The number of anilines is 1. The zero-order valence-electron chi connectivity index (χ0n) is 42.2. The Morgan fingerprint density at radius 1 is 0.843 bits per heavy atom. The Bertz CT molecular complexity index is 2270. The van der Waals surface area contributed by atoms with Crippen LogP contribution >= 0.6 is 0 Å². The number of para-hydroxylation sites is 2. The number of benzene rings is 4. The van der Waals surface area contributed by atoms with E-state index < -0.39 is 42.1 Å². The van der Waals surface area contributed by atoms with E-state index in [4.69, 9.17) is 19.9 Å². The van der Waals surface area contributed by atoms with Gasteiger partial charge in [0.05, 0.1) is 19.2 Å². The number of hydrogen-bond acceptors (Lipinski definition) is 11. The van der Waals surface area contributed by atoms with E-state index >= 15 is 0 Å². The normalized spacial score (nSPS) is 16.2. The first-order valence-electron chi connectivity index (χ1n) is 24.9. The number of esters is 2. The summed E-state index contributed by atoms with van der Waals surface area (Å²) in [4.78, 5) is 53.6. The monoisotopic (exact) mass is 961 g/mol. The molecule has 378 valence electrons. The summed E-state index contributed by atoms with van der Waals surface area (Å²) in [6.45, 7) is 14.9. The molecule has 2 aliphatic rings. The molecule has 4 aromatic rings. The number of carbonyl (C=O) groups is 4. The molecule has 2 unspecified atom stereocenters. The Labute approximate surface area is 416 Å². The Balaban J connectivity index is 0.000000246. The summed E-state index contributed by atoms with van der Waals surface area (Å²) in [5, 5.41) is 23.9. The van der Waals surface area contributed by atoms with Crippen LogP contribution in [0.2, 0.25) is 0 Å². The third kappa shape index (κ3) is 17.4. The summed E-state index contributed by atoms with van der Waals surface area (Å²) in [6, 6.07) is 31.2. The van der Waals surface area contributed by atoms with E-state index in [1.165, 1.54) is 16.0 Å². The van der Waals surface area contributed by atoms with Gasteiger partial charge in [-0.05, 0) is 113 Å². The molecule has 1 aliphatic heterocycles. The molecular weight excluding hydrogens is 885 g/mol. The number of aliphatic hydroxyl groups is 1. The van der Waals surface area contributed by atoms with Gasteiger partial charge in [-0.25, -0.2) is 4.79 Å². The number of fused-ring (bicyclic) bond motifs is 1. The zero-order valence-corrected chi connectivity index (χ0v) is 42.2. The van der Waals surface area contributed by atoms with E-state index in [2.05, 4.69) is 35.9 Å². The average molecular weight is 961 g/mol. The lowest BCUT2D eigenvalue weighted by atomic mass is 9.73. The molecule has 70 heavy (non-hydrogen) atoms. The van der Waals surface area contributed by atoms with Crippen molar-refractivity contribution in [3.8, 4) is 17.6 Å². The molecule has 0 aromatic heterocycles. The molecule has 4 aromatic carbocycles. The number of rotatable bonds is 19. The first-order chi connectivity index (χ1) is 33.7. The van der Waals surface area contributed by atoms with Crippen molar-refractivity contribution < 1.29 is 43.6 Å². The van der Waals surface area contributed by atoms with Gasteiger partial charge in [0.25, 0.3) is 0 Å². The molecule has 13 nitrogen and oxygen atoms in total. The molecule has 1 aliphatic carbocycles. The van der Waals surface area contributed by atoms with Crippen LogP contribution in [0.3, 0.4) is 0 Å². The van der Waals surface area contributed by atoms with Gasteiger partial charge in [-0.3, -0.25) is 29.5 Å². The Hall–Kier alpha value is -6.04. The molecule has 6 rings (SSSR count). The van der Waals surface area contributed by atoms with Crippen molar-refractivity contribution in [3.63, 3.8) is 0 Å². The SMILES string of the molecule is CCN(CC)CC#CCOC(=O)C(O)(c1ccccc1)C1CCCCC1.CCOC(=O)[C@H](CCc1ccccc1)N[C@H]1CCc2ccccc2N(CC(=O)O)C1=O.Cc1cccc(C)c1OCC(C)N. The van der Waals surface area contributed by atoms with E-state index in [1.54, 1.807) is 19.1 Å². The van der Waals surface area contributed by atoms with Crippen molar-refractivity contribution in [2.24, 2.45) is 11.7 Å². The first-order valence-corrected chi connectivity index (χ1v) is 24.9. The van der Waals surface area contributed by atoms with E-state index in [9.17, 15) is 29.4 Å². The molecule has 1 amide bonds. The number of nitrogens with one attached hydrogen (secondary N) is 1. The number of amides is 1. The summed E-state index contributed by atoms with van der Waals surface area (Å²) in [5.74, 6) is 4.38. The molecule has 4 atom stereocenters. The van der Waals surface area contributed by atoms with Gasteiger partial charge in [-0.2, -0.15) is 0 Å². The molecular formula is C57H76N4O9. The highest BCUT2D eigenvalue weighted by Crippen LogP contribution is 2.40. The minimum atomic E-state index is -1.58. The number of carbonyl (C=O) groups excluding carboxylic acids is 3. The van der Waals surface area contributed by atoms with E-state index in [0.717, 1.165) is 62.1 Å². The predicted molar refractivity (Wildman–Crippen MR) is 275 cm³/mol. The second-order valence-corrected chi connectivity index (χ2v) is 17.9. The van der Waals surface area contributed by atoms with Crippen molar-refractivity contribution in [3.05, 3.63) is 131 Å². The smallest absolute Gasteiger partial charge is 0.344 e. The summed E-state index contributed by atoms with van der Waals surface area (Å²) in [5.41, 5.74) is 9.60. The van der Waals surface area contributed by atoms with Crippen molar-refractivity contribution in [1.82, 2.24) is 10.2 Å². The van der Waals surface area contributed by atoms with Gasteiger partial charge in [0.15, 0.2) is 12.2 Å². The Morgan fingerprint density at radius 2 is 1.47 bits per heavy atom. The topological polar surface area (TPSA) is 181 Å². The third-order valence-corrected chi connectivity index (χ3v) is 12.6. The van der Waals surface area contributed by atoms with Gasteiger partial charge >= 0.3 is 17.9 Å². The molecule has 0 radical (unpaired) electrons. The largest absolute Gasteiger partial charge is 0.491 e. The van der Waals surface area contributed by atoms with Crippen LogP contribution < -0.4 is 20.7 Å². The Morgan fingerprint density at radius 3 is 2.09 bits per heavy atom. The number of ether oxygens (including phenoxy) is 3. The molecule has 0 saturated heterocycles. The van der Waals surface area contributed by atoms with Gasteiger partial charge in [0, 0.05) is 17.6 Å². The lowest BCUT2D eigenvalue weighted by Crippen LogP contribution is -2.53. The van der Waals surface area contributed by atoms with Crippen LogP contribution in [-0.4, -0.2) is 103 Å². The fourth-order valence-electron chi connectivity index (χ4n) is 8.73. The number of nitrogens with two attached hydrogens (primary N) is 1. The predicted octanol–water partition coefficient (Wildman–Crippen LogP) is 7.95. The highest BCUT2D eigenvalue weighted by Gasteiger charge is 2.47. The fourth-order valence-corrected chi connectivity index (χ4v) is 8.73. The van der Waals surface area contributed by atoms with Crippen LogP contribution in [0.5, 0.6) is 5.75 Å². The standard InChI is InChI=1S/C24H28N2O5.C22H31NO3.C11H17NO/c1-2-31-24(30)20(14-12-17-8-4-3-5-9-17)25-19-15-13-18-10-6-7-11-21(18)26(23(19)29)16-22(27)28;1-3-23(4-2)17-11-12-18-26-21(24)22(25,19-13-7-5-8-14-19)20-15-9-6-10-16-20;1-8-5-4-6-9(2)11(8)13-7-10(3)12/h3-11,19-20,25H,2,12-16H2,1H3,(H,27,28);5,7-8,13-14,20,25H,3-4,6,9-10,15-18H2,1-2H3;4-6,10H,7,12H2,1-3H3/t19-,20-;;/m0../s1. The molecule has 13 heteroatoms. The Kier molecular flexibility index (Phi) is 24.1. The fraction of sp³-hybridized carbons (Fsp3) is 0.474. The highest BCUT2D eigenvalue weighted by molar-refractivity contribution is 6.02. The number of carboxylic acid groups (broad SMARTS) is 1. The molecule has 1 heterocycles. The number of carboxylic acids is 1. The van der Waals surface area contributed by atoms with Crippen molar-refractivity contribution in [2.45, 2.75) is 123 Å². The number of hydrogen-bond donors (Lipinski definition) is 4. The van der Waals surface area contributed by atoms with E-state index in [1.807, 2.05) is 112 Å². The second-order valence-electron chi connectivity index (χ2n) is 17.9. The van der Waals surface area contributed by atoms with Crippen LogP contribution in [0.25, 0.3) is 0 Å². The van der Waals surface area contributed by atoms with Gasteiger partial charge in [0.2, 0.25) is 5.91 Å². The minimum Gasteiger partial charge on any atom is -0.491 e. The quantitative estimate of drug-likeness (QED) is 0.0527. The van der Waals surface area contributed by atoms with Gasteiger partial charge in [-0.15, -0.1) is 0 Å². The maximum absolute atomic E-state index is 13.3. The van der Waals surface area contributed by atoms with Crippen molar-refractivity contribution >= 4 is 29.5 Å². The number of aliphatic carboxylic acids is 1. The maximum atomic E-state index is 13.3. The average Bonchev–Trinajstić information content (AvgIpc) is 3.49. The minimum absolute atomic E-state index is 0.0158. The molecule has 0 spiro atoms. The van der Waals surface area contributed by atoms with E-state index in [-0.39, 0.29) is 31.1 Å². The summed E-state index contributed by atoms with van der Waals surface area (Å²) in [7, 11) is 0. The van der Waals surface area contributed by atoms with Crippen LogP contribution in [0.15, 0.2) is 103 Å². The summed E-state index contributed by atoms with van der Waals surface area (Å²) >= 11 is 0. The molecule has 0 bridgehead atoms.